The van der Waals surface area contributed by atoms with Gasteiger partial charge in [-0.3, -0.25) is 34.2 Å². The van der Waals surface area contributed by atoms with Crippen LogP contribution in [-0.4, -0.2) is 51.6 Å². The van der Waals surface area contributed by atoms with Crippen LogP contribution in [-0.2, 0) is 14.4 Å². The summed E-state index contributed by atoms with van der Waals surface area (Å²) in [5.41, 5.74) is -0.451. The summed E-state index contributed by atoms with van der Waals surface area (Å²) in [6.45, 7) is -0.143. The molecule has 0 spiro atoms. The number of para-hydroxylation sites is 2. The van der Waals surface area contributed by atoms with Crippen LogP contribution in [0.2, 0.25) is 0 Å². The average molecular weight is 352 g/mol. The number of benzene rings is 1. The van der Waals surface area contributed by atoms with Gasteiger partial charge in [0.25, 0.3) is 10.9 Å². The van der Waals surface area contributed by atoms with Gasteiger partial charge in [-0.1, -0.05) is 23.9 Å². The number of nitrogens with zero attached hydrogens (tertiary/aromatic N) is 2. The van der Waals surface area contributed by atoms with Crippen LogP contribution in [0, 0.1) is 10.1 Å². The molecule has 126 valence electrons. The smallest absolute Gasteiger partial charge is 0.313 e. The molecule has 1 aliphatic heterocycles. The van der Waals surface area contributed by atoms with E-state index in [1.54, 1.807) is 0 Å². The largest absolute Gasteiger partial charge is 0.346 e. The number of hydrogen-bond acceptors (Lipinski definition) is 7. The van der Waals surface area contributed by atoms with E-state index in [0.29, 0.717) is 0 Å². The number of carbonyl (C=O) groups excluding carboxylic acids is 4. The monoisotopic (exact) mass is 352 g/mol. The third kappa shape index (κ3) is 4.07. The fourth-order valence-corrected chi connectivity index (χ4v) is 2.63. The molecular weight excluding hydrogens is 340 g/mol. The number of carbonyl (C=O) groups is 4. The molecule has 0 aliphatic carbocycles. The molecule has 11 heteroatoms. The van der Waals surface area contributed by atoms with Crippen LogP contribution < -0.4 is 10.6 Å². The molecule has 2 rings (SSSR count). The Kier molecular flexibility index (Phi) is 5.47. The number of nitro groups is 1. The first-order chi connectivity index (χ1) is 11.4. The Morgan fingerprint density at radius 3 is 2.58 bits per heavy atom. The molecular formula is C13H12N4O6S. The summed E-state index contributed by atoms with van der Waals surface area (Å²) in [6, 6.07) is 5.39. The molecule has 4 amide bonds. The van der Waals surface area contributed by atoms with E-state index in [2.05, 4.69) is 10.6 Å². The Hall–Kier alpha value is -2.95. The molecule has 1 aromatic carbocycles. The van der Waals surface area contributed by atoms with E-state index >= 15 is 0 Å². The zero-order chi connectivity index (χ0) is 17.7. The van der Waals surface area contributed by atoms with Crippen molar-refractivity contribution in [3.8, 4) is 0 Å². The maximum absolute atomic E-state index is 11.7. The highest BCUT2D eigenvalue weighted by molar-refractivity contribution is 8.14. The second kappa shape index (κ2) is 7.55. The molecule has 10 nitrogen and oxygen atoms in total. The van der Waals surface area contributed by atoms with Gasteiger partial charge in [0.2, 0.25) is 5.91 Å². The Labute approximate surface area is 139 Å². The molecule has 2 N–H and O–H groups in total. The Bertz CT molecular complexity index is 706. The molecule has 0 atom stereocenters. The highest BCUT2D eigenvalue weighted by atomic mass is 32.2. The van der Waals surface area contributed by atoms with Gasteiger partial charge < -0.3 is 10.6 Å². The topological polar surface area (TPSA) is 139 Å². The molecule has 1 saturated heterocycles. The maximum atomic E-state index is 11.7. The summed E-state index contributed by atoms with van der Waals surface area (Å²) in [7, 11) is 0. The first-order valence-corrected chi connectivity index (χ1v) is 7.68. The second-order valence-corrected chi connectivity index (χ2v) is 5.51. The van der Waals surface area contributed by atoms with Crippen LogP contribution in [0.25, 0.3) is 0 Å². The Morgan fingerprint density at radius 1 is 1.25 bits per heavy atom. The SMILES string of the molecule is O=C(NCCN1C(=O)CSC1=O)C(=O)Nc1ccccc1[N+](=O)[O-]. The first kappa shape index (κ1) is 17.4. The molecule has 0 aromatic heterocycles. The standard InChI is InChI=1S/C13H12N4O6S/c18-10-7-24-13(21)16(10)6-5-14-11(19)12(20)15-8-3-1-2-4-9(8)17(22)23/h1-4H,5-7H2,(H,14,19)(H,15,20). The van der Waals surface area contributed by atoms with E-state index in [4.69, 9.17) is 0 Å². The molecule has 0 bridgehead atoms. The van der Waals surface area contributed by atoms with Gasteiger partial charge in [-0.15, -0.1) is 0 Å². The lowest BCUT2D eigenvalue weighted by molar-refractivity contribution is -0.383. The van der Waals surface area contributed by atoms with E-state index in [-0.39, 0.29) is 36.1 Å². The van der Waals surface area contributed by atoms with Crippen LogP contribution in [0.15, 0.2) is 24.3 Å². The predicted molar refractivity (Wildman–Crippen MR) is 84.3 cm³/mol. The highest BCUT2D eigenvalue weighted by Gasteiger charge is 2.29. The van der Waals surface area contributed by atoms with E-state index < -0.39 is 22.0 Å². The fraction of sp³-hybridized carbons (Fsp3) is 0.231. The average Bonchev–Trinajstić information content (AvgIpc) is 2.86. The normalized spacial score (nSPS) is 13.8. The van der Waals surface area contributed by atoms with Crippen molar-refractivity contribution in [1.29, 1.82) is 0 Å². The lowest BCUT2D eigenvalue weighted by Crippen LogP contribution is -2.41. The van der Waals surface area contributed by atoms with Gasteiger partial charge >= 0.3 is 11.8 Å². The maximum Gasteiger partial charge on any atom is 0.313 e. The van der Waals surface area contributed by atoms with Crippen molar-refractivity contribution in [3.63, 3.8) is 0 Å². The van der Waals surface area contributed by atoms with Crippen molar-refractivity contribution in [2.45, 2.75) is 0 Å². The molecule has 0 radical (unpaired) electrons. The number of amides is 4. The van der Waals surface area contributed by atoms with Crippen LogP contribution in [0.3, 0.4) is 0 Å². The summed E-state index contributed by atoms with van der Waals surface area (Å²) in [5, 5.41) is 14.8. The van der Waals surface area contributed by atoms with Crippen LogP contribution in [0.1, 0.15) is 0 Å². The van der Waals surface area contributed by atoms with Gasteiger partial charge in [0.05, 0.1) is 10.7 Å². The van der Waals surface area contributed by atoms with Crippen molar-refractivity contribution in [1.82, 2.24) is 10.2 Å². The van der Waals surface area contributed by atoms with Gasteiger partial charge in [0.1, 0.15) is 5.69 Å². The number of rotatable bonds is 5. The van der Waals surface area contributed by atoms with Crippen LogP contribution >= 0.6 is 11.8 Å². The van der Waals surface area contributed by atoms with Crippen molar-refractivity contribution in [3.05, 3.63) is 34.4 Å². The number of thioether (sulfide) groups is 1. The molecule has 0 saturated carbocycles. The van der Waals surface area contributed by atoms with Gasteiger partial charge in [-0.25, -0.2) is 0 Å². The molecule has 1 heterocycles. The number of nitro benzene ring substituents is 1. The predicted octanol–water partition coefficient (Wildman–Crippen LogP) is 0.345. The van der Waals surface area contributed by atoms with Crippen molar-refractivity contribution < 1.29 is 24.1 Å². The number of imide groups is 1. The Balaban J connectivity index is 1.87. The summed E-state index contributed by atoms with van der Waals surface area (Å²) < 4.78 is 0. The summed E-state index contributed by atoms with van der Waals surface area (Å²) in [6.07, 6.45) is 0. The lowest BCUT2D eigenvalue weighted by Gasteiger charge is -2.13. The molecule has 1 aliphatic rings. The fourth-order valence-electron chi connectivity index (χ4n) is 1.88. The van der Waals surface area contributed by atoms with Gasteiger partial charge in [0.15, 0.2) is 0 Å². The zero-order valence-corrected chi connectivity index (χ0v) is 13.0. The summed E-state index contributed by atoms with van der Waals surface area (Å²) in [4.78, 5) is 57.3. The molecule has 1 fully saturated rings. The van der Waals surface area contributed by atoms with Gasteiger partial charge in [0, 0.05) is 19.2 Å². The first-order valence-electron chi connectivity index (χ1n) is 6.70. The zero-order valence-electron chi connectivity index (χ0n) is 12.2. The molecule has 0 unspecified atom stereocenters. The van der Waals surface area contributed by atoms with E-state index in [0.717, 1.165) is 16.7 Å². The minimum Gasteiger partial charge on any atom is -0.346 e. The number of nitrogens with one attached hydrogen (secondary N) is 2. The van der Waals surface area contributed by atoms with Crippen molar-refractivity contribution in [2.24, 2.45) is 0 Å². The molecule has 1 aromatic rings. The van der Waals surface area contributed by atoms with Crippen molar-refractivity contribution in [2.75, 3.05) is 24.2 Å². The van der Waals surface area contributed by atoms with Crippen LogP contribution in [0.5, 0.6) is 0 Å². The lowest BCUT2D eigenvalue weighted by atomic mass is 10.2. The van der Waals surface area contributed by atoms with E-state index in [1.807, 2.05) is 0 Å². The third-order valence-corrected chi connectivity index (χ3v) is 3.88. The van der Waals surface area contributed by atoms with E-state index in [1.165, 1.54) is 24.3 Å². The van der Waals surface area contributed by atoms with E-state index in [9.17, 15) is 29.3 Å². The third-order valence-electron chi connectivity index (χ3n) is 3.02. The Morgan fingerprint density at radius 2 is 1.96 bits per heavy atom. The van der Waals surface area contributed by atoms with Crippen LogP contribution in [0.4, 0.5) is 16.2 Å². The highest BCUT2D eigenvalue weighted by Crippen LogP contribution is 2.22. The number of anilines is 1. The molecule has 24 heavy (non-hydrogen) atoms. The van der Waals surface area contributed by atoms with Gasteiger partial charge in [-0.2, -0.15) is 0 Å². The summed E-state index contributed by atoms with van der Waals surface area (Å²) in [5.74, 6) is -2.41. The van der Waals surface area contributed by atoms with Gasteiger partial charge in [-0.05, 0) is 6.07 Å². The minimum atomic E-state index is -1.09. The minimum absolute atomic E-state index is 0.0465. The second-order valence-electron chi connectivity index (χ2n) is 4.58. The summed E-state index contributed by atoms with van der Waals surface area (Å²) >= 11 is 0.866. The number of hydrogen-bond donors (Lipinski definition) is 2. The van der Waals surface area contributed by atoms with Crippen molar-refractivity contribution >= 4 is 46.1 Å². The quantitative estimate of drug-likeness (QED) is 0.443.